The second-order valence-corrected chi connectivity index (χ2v) is 8.58. The van der Waals surface area contributed by atoms with Gasteiger partial charge in [-0.2, -0.15) is 0 Å². The highest BCUT2D eigenvalue weighted by atomic mass is 127. The van der Waals surface area contributed by atoms with E-state index in [1.54, 1.807) is 44.4 Å². The molecule has 1 aromatic carbocycles. The van der Waals surface area contributed by atoms with Crippen molar-refractivity contribution in [2.75, 3.05) is 6.61 Å². The van der Waals surface area contributed by atoms with Gasteiger partial charge < -0.3 is 14.0 Å². The standard InChI is InChI=1S/C19H20Cl2INO4/c1-5-26-14(24)9-8-13-17(22)11-6-7-12(20)16(21)18(11)23(13)10-15(25)27-19(2,3)4/h6-9H,5,10H2,1-4H3/b9-8+. The number of esters is 2. The van der Waals surface area contributed by atoms with Crippen LogP contribution in [0.4, 0.5) is 0 Å². The van der Waals surface area contributed by atoms with Gasteiger partial charge in [-0.15, -0.1) is 0 Å². The molecule has 146 valence electrons. The number of aromatic nitrogens is 1. The molecule has 0 N–H and O–H groups in total. The molecule has 0 spiro atoms. The molecule has 0 fully saturated rings. The van der Waals surface area contributed by atoms with Crippen molar-refractivity contribution in [2.24, 2.45) is 0 Å². The SMILES string of the molecule is CCOC(=O)/C=C/c1c(I)c2ccc(Cl)c(Cl)c2n1CC(=O)OC(C)(C)C. The molecule has 27 heavy (non-hydrogen) atoms. The van der Waals surface area contributed by atoms with Gasteiger partial charge in [-0.05, 0) is 62.4 Å². The molecule has 0 radical (unpaired) electrons. The van der Waals surface area contributed by atoms with Crippen LogP contribution in [-0.2, 0) is 25.6 Å². The van der Waals surface area contributed by atoms with Crippen molar-refractivity contribution in [3.8, 4) is 0 Å². The topological polar surface area (TPSA) is 57.5 Å². The maximum absolute atomic E-state index is 12.4. The number of hydrogen-bond acceptors (Lipinski definition) is 4. The summed E-state index contributed by atoms with van der Waals surface area (Å²) in [5.74, 6) is -0.885. The van der Waals surface area contributed by atoms with Crippen molar-refractivity contribution < 1.29 is 19.1 Å². The number of ether oxygens (including phenoxy) is 2. The van der Waals surface area contributed by atoms with Gasteiger partial charge in [0.1, 0.15) is 12.1 Å². The highest BCUT2D eigenvalue weighted by molar-refractivity contribution is 14.1. The van der Waals surface area contributed by atoms with E-state index >= 15 is 0 Å². The molecule has 0 bridgehead atoms. The molecular formula is C19H20Cl2INO4. The van der Waals surface area contributed by atoms with Crippen LogP contribution in [0.2, 0.25) is 10.0 Å². The van der Waals surface area contributed by atoms with Gasteiger partial charge in [-0.1, -0.05) is 29.3 Å². The van der Waals surface area contributed by atoms with E-state index < -0.39 is 17.5 Å². The molecule has 8 heteroatoms. The van der Waals surface area contributed by atoms with Crippen molar-refractivity contribution >= 4 is 74.7 Å². The number of carbonyl (C=O) groups excluding carboxylic acids is 2. The first-order valence-electron chi connectivity index (χ1n) is 8.27. The van der Waals surface area contributed by atoms with Crippen LogP contribution in [0.3, 0.4) is 0 Å². The van der Waals surface area contributed by atoms with Crippen LogP contribution in [0, 0.1) is 3.57 Å². The van der Waals surface area contributed by atoms with Crippen LogP contribution >= 0.6 is 45.8 Å². The molecule has 5 nitrogen and oxygen atoms in total. The minimum Gasteiger partial charge on any atom is -0.463 e. The molecule has 1 heterocycles. The maximum atomic E-state index is 12.4. The Morgan fingerprint density at radius 3 is 2.52 bits per heavy atom. The van der Waals surface area contributed by atoms with Gasteiger partial charge >= 0.3 is 11.9 Å². The summed E-state index contributed by atoms with van der Waals surface area (Å²) in [6.45, 7) is 7.34. The number of fused-ring (bicyclic) bond motifs is 1. The van der Waals surface area contributed by atoms with Crippen molar-refractivity contribution in [3.63, 3.8) is 0 Å². The third-order valence-corrected chi connectivity index (χ3v) is 5.39. The Kier molecular flexibility index (Phi) is 7.21. The monoisotopic (exact) mass is 523 g/mol. The molecule has 1 aromatic heterocycles. The average Bonchev–Trinajstić information content (AvgIpc) is 2.80. The second-order valence-electron chi connectivity index (χ2n) is 6.71. The van der Waals surface area contributed by atoms with Gasteiger partial charge in [0.2, 0.25) is 0 Å². The number of rotatable bonds is 5. The zero-order valence-electron chi connectivity index (χ0n) is 15.4. The summed E-state index contributed by atoms with van der Waals surface area (Å²) in [6, 6.07) is 3.53. The summed E-state index contributed by atoms with van der Waals surface area (Å²) in [5.41, 5.74) is 0.645. The highest BCUT2D eigenvalue weighted by Crippen LogP contribution is 2.37. The Bertz CT molecular complexity index is 913. The molecule has 0 unspecified atom stereocenters. The van der Waals surface area contributed by atoms with E-state index in [0.29, 0.717) is 21.3 Å². The van der Waals surface area contributed by atoms with E-state index in [9.17, 15) is 9.59 Å². The summed E-state index contributed by atoms with van der Waals surface area (Å²) >= 11 is 14.8. The Balaban J connectivity index is 2.59. The first kappa shape index (κ1) is 22.0. The van der Waals surface area contributed by atoms with Gasteiger partial charge in [0.15, 0.2) is 0 Å². The smallest absolute Gasteiger partial charge is 0.330 e. The number of hydrogen-bond donors (Lipinski definition) is 0. The van der Waals surface area contributed by atoms with Crippen LogP contribution in [0.1, 0.15) is 33.4 Å². The van der Waals surface area contributed by atoms with E-state index in [-0.39, 0.29) is 13.2 Å². The highest BCUT2D eigenvalue weighted by Gasteiger charge is 2.22. The van der Waals surface area contributed by atoms with E-state index in [1.165, 1.54) is 6.08 Å². The Labute approximate surface area is 181 Å². The molecule has 0 aliphatic heterocycles. The van der Waals surface area contributed by atoms with Crippen molar-refractivity contribution in [1.29, 1.82) is 0 Å². The predicted molar refractivity (Wildman–Crippen MR) is 116 cm³/mol. The minimum atomic E-state index is -0.616. The first-order chi connectivity index (χ1) is 12.5. The normalized spacial score (nSPS) is 12.0. The van der Waals surface area contributed by atoms with Crippen molar-refractivity contribution in [2.45, 2.75) is 39.8 Å². The van der Waals surface area contributed by atoms with Crippen LogP contribution in [-0.4, -0.2) is 28.7 Å². The fourth-order valence-electron chi connectivity index (χ4n) is 2.53. The van der Waals surface area contributed by atoms with E-state index in [2.05, 4.69) is 22.6 Å². The lowest BCUT2D eigenvalue weighted by Gasteiger charge is -2.20. The molecule has 0 aliphatic rings. The molecule has 0 atom stereocenters. The molecule has 2 aromatic rings. The summed E-state index contributed by atoms with van der Waals surface area (Å²) in [7, 11) is 0. The summed E-state index contributed by atoms with van der Waals surface area (Å²) in [5, 5.41) is 1.55. The van der Waals surface area contributed by atoms with Gasteiger partial charge in [-0.25, -0.2) is 4.79 Å². The fraction of sp³-hybridized carbons (Fsp3) is 0.368. The van der Waals surface area contributed by atoms with E-state index in [1.807, 2.05) is 6.07 Å². The Morgan fingerprint density at radius 1 is 1.26 bits per heavy atom. The largest absolute Gasteiger partial charge is 0.463 e. The molecule has 0 aliphatic carbocycles. The van der Waals surface area contributed by atoms with Gasteiger partial charge in [0, 0.05) is 15.0 Å². The van der Waals surface area contributed by atoms with Gasteiger partial charge in [-0.3, -0.25) is 4.79 Å². The van der Waals surface area contributed by atoms with Crippen LogP contribution < -0.4 is 0 Å². The molecular weight excluding hydrogens is 504 g/mol. The third kappa shape index (κ3) is 5.39. The molecule has 0 saturated heterocycles. The van der Waals surface area contributed by atoms with Gasteiger partial charge in [0.25, 0.3) is 0 Å². The fourth-order valence-corrected chi connectivity index (χ4v) is 3.85. The minimum absolute atomic E-state index is 0.0701. The quantitative estimate of drug-likeness (QED) is 0.296. The Hall–Kier alpha value is -1.25. The number of carbonyl (C=O) groups is 2. The van der Waals surface area contributed by atoms with Crippen molar-refractivity contribution in [3.05, 3.63) is 37.5 Å². The van der Waals surface area contributed by atoms with E-state index in [0.717, 1.165) is 8.96 Å². The molecule has 0 amide bonds. The average molecular weight is 524 g/mol. The maximum Gasteiger partial charge on any atom is 0.330 e. The Morgan fingerprint density at radius 2 is 1.93 bits per heavy atom. The summed E-state index contributed by atoms with van der Waals surface area (Å²) in [6.07, 6.45) is 2.93. The zero-order valence-corrected chi connectivity index (χ0v) is 19.1. The first-order valence-corrected chi connectivity index (χ1v) is 10.1. The number of nitrogens with zero attached hydrogens (tertiary/aromatic N) is 1. The second kappa shape index (κ2) is 8.84. The molecule has 2 rings (SSSR count). The van der Waals surface area contributed by atoms with Crippen LogP contribution in [0.5, 0.6) is 0 Å². The lowest BCUT2D eigenvalue weighted by Crippen LogP contribution is -2.26. The third-order valence-electron chi connectivity index (χ3n) is 3.46. The van der Waals surface area contributed by atoms with Crippen molar-refractivity contribution in [1.82, 2.24) is 4.57 Å². The lowest BCUT2D eigenvalue weighted by atomic mass is 10.2. The number of benzene rings is 1. The van der Waals surface area contributed by atoms with Gasteiger partial charge in [0.05, 0.1) is 27.9 Å². The number of halogens is 3. The zero-order chi connectivity index (χ0) is 20.4. The predicted octanol–water partition coefficient (Wildman–Crippen LogP) is 5.47. The lowest BCUT2D eigenvalue weighted by molar-refractivity contribution is -0.155. The van der Waals surface area contributed by atoms with Crippen LogP contribution in [0.25, 0.3) is 17.0 Å². The van der Waals surface area contributed by atoms with E-state index in [4.69, 9.17) is 32.7 Å². The van der Waals surface area contributed by atoms with Crippen LogP contribution in [0.15, 0.2) is 18.2 Å². The molecule has 0 saturated carbocycles. The summed E-state index contributed by atoms with van der Waals surface area (Å²) < 4.78 is 12.9. The summed E-state index contributed by atoms with van der Waals surface area (Å²) in [4.78, 5) is 24.2.